The molecule has 1 aromatic rings. The maximum atomic E-state index is 12.7. The van der Waals surface area contributed by atoms with Gasteiger partial charge in [0.15, 0.2) is 0 Å². The van der Waals surface area contributed by atoms with Crippen LogP contribution in [0.1, 0.15) is 32.1 Å². The SMILES string of the molecule is O=C1C2CC3CCCCC3N2C(=O)N1c1ccc(Cl)nc1. The molecule has 0 spiro atoms. The van der Waals surface area contributed by atoms with Crippen molar-refractivity contribution in [3.05, 3.63) is 23.5 Å². The lowest BCUT2D eigenvalue weighted by Gasteiger charge is -2.30. The Labute approximate surface area is 127 Å². The Morgan fingerprint density at radius 1 is 1.19 bits per heavy atom. The van der Waals surface area contributed by atoms with Gasteiger partial charge in [-0.2, -0.15) is 0 Å². The van der Waals surface area contributed by atoms with Gasteiger partial charge in [0.25, 0.3) is 5.91 Å². The van der Waals surface area contributed by atoms with Crippen molar-refractivity contribution in [2.24, 2.45) is 5.92 Å². The van der Waals surface area contributed by atoms with Crippen LogP contribution in [0.4, 0.5) is 10.5 Å². The van der Waals surface area contributed by atoms with Gasteiger partial charge in [0.05, 0.1) is 11.9 Å². The third-order valence-electron chi connectivity index (χ3n) is 4.98. The maximum Gasteiger partial charge on any atom is 0.332 e. The number of hydrogen-bond acceptors (Lipinski definition) is 3. The Hall–Kier alpha value is -1.62. The van der Waals surface area contributed by atoms with Crippen molar-refractivity contribution in [2.45, 2.75) is 44.2 Å². The van der Waals surface area contributed by atoms with Crippen LogP contribution in [0.5, 0.6) is 0 Å². The van der Waals surface area contributed by atoms with Gasteiger partial charge in [-0.3, -0.25) is 4.79 Å². The van der Waals surface area contributed by atoms with E-state index >= 15 is 0 Å². The van der Waals surface area contributed by atoms with Gasteiger partial charge >= 0.3 is 6.03 Å². The van der Waals surface area contributed by atoms with Crippen molar-refractivity contribution in [2.75, 3.05) is 4.90 Å². The highest BCUT2D eigenvalue weighted by molar-refractivity contribution is 6.29. The summed E-state index contributed by atoms with van der Waals surface area (Å²) in [7, 11) is 0. The topological polar surface area (TPSA) is 53.5 Å². The molecule has 2 aliphatic heterocycles. The van der Waals surface area contributed by atoms with Crippen LogP contribution in [-0.4, -0.2) is 33.9 Å². The molecule has 3 unspecified atom stereocenters. The molecule has 3 aliphatic rings. The second-order valence-electron chi connectivity index (χ2n) is 6.07. The van der Waals surface area contributed by atoms with Gasteiger partial charge in [-0.1, -0.05) is 24.4 Å². The quantitative estimate of drug-likeness (QED) is 0.592. The maximum absolute atomic E-state index is 12.7. The zero-order valence-corrected chi connectivity index (χ0v) is 12.3. The van der Waals surface area contributed by atoms with Gasteiger partial charge in [-0.15, -0.1) is 0 Å². The number of fused-ring (bicyclic) bond motifs is 3. The summed E-state index contributed by atoms with van der Waals surface area (Å²) in [5.74, 6) is 0.390. The van der Waals surface area contributed by atoms with Crippen molar-refractivity contribution in [1.29, 1.82) is 0 Å². The van der Waals surface area contributed by atoms with Crippen LogP contribution < -0.4 is 4.90 Å². The molecule has 5 nitrogen and oxygen atoms in total. The highest BCUT2D eigenvalue weighted by Gasteiger charge is 2.55. The van der Waals surface area contributed by atoms with Crippen molar-refractivity contribution in [3.8, 4) is 0 Å². The van der Waals surface area contributed by atoms with E-state index in [9.17, 15) is 9.59 Å². The molecule has 3 heterocycles. The van der Waals surface area contributed by atoms with Gasteiger partial charge < -0.3 is 4.90 Å². The fraction of sp³-hybridized carbons (Fsp3) is 0.533. The summed E-state index contributed by atoms with van der Waals surface area (Å²) in [6.07, 6.45) is 6.82. The Kier molecular flexibility index (Phi) is 2.92. The van der Waals surface area contributed by atoms with Crippen LogP contribution in [0, 0.1) is 5.92 Å². The Balaban J connectivity index is 1.66. The average molecular weight is 306 g/mol. The third-order valence-corrected chi connectivity index (χ3v) is 5.20. The number of rotatable bonds is 1. The second-order valence-corrected chi connectivity index (χ2v) is 6.45. The van der Waals surface area contributed by atoms with Crippen molar-refractivity contribution in [1.82, 2.24) is 9.88 Å². The molecule has 0 N–H and O–H groups in total. The molecular formula is C15H16ClN3O2. The minimum atomic E-state index is -0.277. The predicted octanol–water partition coefficient (Wildman–Crippen LogP) is 2.83. The van der Waals surface area contributed by atoms with Gasteiger partial charge in [0.1, 0.15) is 11.2 Å². The summed E-state index contributed by atoms with van der Waals surface area (Å²) in [5, 5.41) is 0.352. The van der Waals surface area contributed by atoms with E-state index in [2.05, 4.69) is 4.98 Å². The molecule has 6 heteroatoms. The third kappa shape index (κ3) is 1.87. The lowest BCUT2D eigenvalue weighted by molar-refractivity contribution is -0.119. The van der Waals surface area contributed by atoms with E-state index in [4.69, 9.17) is 11.6 Å². The number of imide groups is 1. The number of amides is 3. The highest BCUT2D eigenvalue weighted by Crippen LogP contribution is 2.44. The predicted molar refractivity (Wildman–Crippen MR) is 78.1 cm³/mol. The van der Waals surface area contributed by atoms with Crippen molar-refractivity contribution in [3.63, 3.8) is 0 Å². The van der Waals surface area contributed by atoms with Crippen LogP contribution in [-0.2, 0) is 4.79 Å². The van der Waals surface area contributed by atoms with Crippen LogP contribution in [0.25, 0.3) is 0 Å². The zero-order valence-electron chi connectivity index (χ0n) is 11.5. The Bertz CT molecular complexity index is 603. The van der Waals surface area contributed by atoms with Crippen LogP contribution in [0.3, 0.4) is 0 Å². The molecule has 21 heavy (non-hydrogen) atoms. The lowest BCUT2D eigenvalue weighted by Crippen LogP contribution is -2.41. The largest absolute Gasteiger partial charge is 0.332 e. The molecular weight excluding hydrogens is 290 g/mol. The summed E-state index contributed by atoms with van der Waals surface area (Å²) in [4.78, 5) is 32.4. The van der Waals surface area contributed by atoms with Crippen molar-refractivity contribution >= 4 is 29.2 Å². The second kappa shape index (κ2) is 4.70. The molecule has 2 saturated heterocycles. The van der Waals surface area contributed by atoms with Crippen molar-refractivity contribution < 1.29 is 9.59 Å². The molecule has 1 aliphatic carbocycles. The molecule has 0 bridgehead atoms. The molecule has 110 valence electrons. The smallest absolute Gasteiger partial charge is 0.309 e. The fourth-order valence-electron chi connectivity index (χ4n) is 4.05. The minimum absolute atomic E-state index is 0.112. The van der Waals surface area contributed by atoms with Crippen LogP contribution in [0.2, 0.25) is 5.15 Å². The first kappa shape index (κ1) is 13.1. The summed E-state index contributed by atoms with van der Waals surface area (Å²) >= 11 is 5.77. The first-order chi connectivity index (χ1) is 10.2. The number of aromatic nitrogens is 1. The van der Waals surface area contributed by atoms with Gasteiger partial charge in [0.2, 0.25) is 0 Å². The van der Waals surface area contributed by atoms with E-state index in [1.807, 2.05) is 4.90 Å². The van der Waals surface area contributed by atoms with Crippen LogP contribution in [0.15, 0.2) is 18.3 Å². The summed E-state index contributed by atoms with van der Waals surface area (Å²) in [6, 6.07) is 3.05. The van der Waals surface area contributed by atoms with Gasteiger partial charge in [-0.05, 0) is 37.3 Å². The number of pyridine rings is 1. The normalized spacial score (nSPS) is 31.6. The van der Waals surface area contributed by atoms with E-state index in [0.717, 1.165) is 25.7 Å². The number of hydrogen-bond donors (Lipinski definition) is 0. The fourth-order valence-corrected chi connectivity index (χ4v) is 4.16. The first-order valence-electron chi connectivity index (χ1n) is 7.44. The number of anilines is 1. The van der Waals surface area contributed by atoms with Gasteiger partial charge in [-0.25, -0.2) is 14.7 Å². The number of nitrogens with zero attached hydrogens (tertiary/aromatic N) is 3. The summed E-state index contributed by atoms with van der Waals surface area (Å²) in [5.41, 5.74) is 0.510. The molecule has 0 radical (unpaired) electrons. The molecule has 1 aromatic heterocycles. The van der Waals surface area contributed by atoms with E-state index in [0.29, 0.717) is 16.8 Å². The van der Waals surface area contributed by atoms with E-state index in [-0.39, 0.29) is 24.0 Å². The van der Waals surface area contributed by atoms with E-state index in [1.165, 1.54) is 17.5 Å². The monoisotopic (exact) mass is 305 g/mol. The molecule has 0 aromatic carbocycles. The first-order valence-corrected chi connectivity index (χ1v) is 7.82. The highest BCUT2D eigenvalue weighted by atomic mass is 35.5. The van der Waals surface area contributed by atoms with E-state index in [1.54, 1.807) is 12.1 Å². The standard InChI is InChI=1S/C15H16ClN3O2/c16-13-6-5-10(8-17-13)18-14(20)12-7-9-3-1-2-4-11(9)19(12)15(18)21/h5-6,8-9,11-12H,1-4,7H2. The number of carbonyl (C=O) groups is 2. The van der Waals surface area contributed by atoms with Gasteiger partial charge in [0, 0.05) is 6.04 Å². The Morgan fingerprint density at radius 3 is 2.76 bits per heavy atom. The number of carbonyl (C=O) groups excluding carboxylic acids is 2. The number of urea groups is 1. The molecule has 3 fully saturated rings. The lowest BCUT2D eigenvalue weighted by atomic mass is 9.84. The Morgan fingerprint density at radius 2 is 2.00 bits per heavy atom. The zero-order chi connectivity index (χ0) is 14.6. The van der Waals surface area contributed by atoms with E-state index < -0.39 is 0 Å². The summed E-state index contributed by atoms with van der Waals surface area (Å²) < 4.78 is 0. The molecule has 4 rings (SSSR count). The summed E-state index contributed by atoms with van der Waals surface area (Å²) in [6.45, 7) is 0. The van der Waals surface area contributed by atoms with Crippen LogP contribution >= 0.6 is 11.6 Å². The molecule has 1 saturated carbocycles. The number of halogens is 1. The molecule has 3 atom stereocenters. The average Bonchev–Trinajstić information content (AvgIpc) is 2.98. The minimum Gasteiger partial charge on any atom is -0.309 e. The molecule has 3 amide bonds.